The second-order valence-corrected chi connectivity index (χ2v) is 8.76. The molecule has 1 aliphatic rings. The topological polar surface area (TPSA) is 49.4 Å². The summed E-state index contributed by atoms with van der Waals surface area (Å²) in [5.74, 6) is -0.134. The van der Waals surface area contributed by atoms with Crippen molar-refractivity contribution >= 4 is 35.0 Å². The van der Waals surface area contributed by atoms with Gasteiger partial charge in [0.15, 0.2) is 0 Å². The van der Waals surface area contributed by atoms with Gasteiger partial charge >= 0.3 is 0 Å². The zero-order chi connectivity index (χ0) is 19.8. The van der Waals surface area contributed by atoms with Crippen LogP contribution in [0.25, 0.3) is 0 Å². The fourth-order valence-electron chi connectivity index (χ4n) is 2.77. The van der Waals surface area contributed by atoms with E-state index in [2.05, 4.69) is 5.32 Å². The second kappa shape index (κ2) is 7.35. The van der Waals surface area contributed by atoms with Crippen LogP contribution < -0.4 is 10.2 Å². The molecule has 142 valence electrons. The summed E-state index contributed by atoms with van der Waals surface area (Å²) >= 11 is 1.49. The summed E-state index contributed by atoms with van der Waals surface area (Å²) in [7, 11) is 0. The molecular weight excluding hydrogens is 363 g/mol. The Labute approximate surface area is 163 Å². The highest BCUT2D eigenvalue weighted by Gasteiger charge is 2.34. The average molecular weight is 386 g/mol. The second-order valence-electron chi connectivity index (χ2n) is 7.69. The zero-order valence-electron chi connectivity index (χ0n) is 15.9. The molecule has 0 unspecified atom stereocenters. The molecule has 0 bridgehead atoms. The lowest BCUT2D eigenvalue weighted by molar-refractivity contribution is -0.123. The van der Waals surface area contributed by atoms with E-state index in [9.17, 15) is 14.0 Å². The molecule has 0 aliphatic carbocycles. The van der Waals surface area contributed by atoms with Crippen molar-refractivity contribution in [2.75, 3.05) is 16.0 Å². The van der Waals surface area contributed by atoms with E-state index in [1.54, 1.807) is 24.0 Å². The number of carbonyl (C=O) groups excluding carboxylic acids is 2. The van der Waals surface area contributed by atoms with Gasteiger partial charge in [0, 0.05) is 16.8 Å². The number of hydrogen-bond donors (Lipinski definition) is 1. The first kappa shape index (κ1) is 19.4. The predicted molar refractivity (Wildman–Crippen MR) is 108 cm³/mol. The summed E-state index contributed by atoms with van der Waals surface area (Å²) in [6, 6.07) is 12.3. The van der Waals surface area contributed by atoms with Crippen molar-refractivity contribution in [2.45, 2.75) is 33.1 Å². The van der Waals surface area contributed by atoms with E-state index in [1.165, 1.54) is 17.8 Å². The Morgan fingerprint density at radius 1 is 1.22 bits per heavy atom. The van der Waals surface area contributed by atoms with Crippen LogP contribution in [-0.4, -0.2) is 17.6 Å². The summed E-state index contributed by atoms with van der Waals surface area (Å²) in [4.78, 5) is 26.3. The molecule has 2 aromatic rings. The monoisotopic (exact) mass is 386 g/mol. The summed E-state index contributed by atoms with van der Waals surface area (Å²) < 4.78 is 14.0. The third-order valence-corrected chi connectivity index (χ3v) is 5.62. The van der Waals surface area contributed by atoms with Crippen LogP contribution in [0.3, 0.4) is 0 Å². The summed E-state index contributed by atoms with van der Waals surface area (Å²) in [6.07, 6.45) is 0. The van der Waals surface area contributed by atoms with Gasteiger partial charge in [0.2, 0.25) is 11.8 Å². The number of benzene rings is 2. The first-order chi connectivity index (χ1) is 12.7. The van der Waals surface area contributed by atoms with Crippen molar-refractivity contribution < 1.29 is 14.0 Å². The Hall–Kier alpha value is -2.34. The lowest BCUT2D eigenvalue weighted by Crippen LogP contribution is -2.29. The number of aryl methyl sites for hydroxylation is 1. The smallest absolute Gasteiger partial charge is 0.238 e. The summed E-state index contributed by atoms with van der Waals surface area (Å²) in [6.45, 7) is 7.25. The third kappa shape index (κ3) is 4.16. The van der Waals surface area contributed by atoms with Gasteiger partial charge in [-0.15, -0.1) is 11.8 Å². The minimum atomic E-state index is -0.500. The first-order valence-electron chi connectivity index (χ1n) is 8.78. The van der Waals surface area contributed by atoms with Crippen LogP contribution in [-0.2, 0) is 9.59 Å². The van der Waals surface area contributed by atoms with Gasteiger partial charge in [-0.1, -0.05) is 39.0 Å². The van der Waals surface area contributed by atoms with E-state index in [0.29, 0.717) is 22.7 Å². The largest absolute Gasteiger partial charge is 0.326 e. The molecule has 27 heavy (non-hydrogen) atoms. The average Bonchev–Trinajstić information content (AvgIpc) is 2.98. The number of nitrogens with one attached hydrogen (secondary N) is 1. The maximum Gasteiger partial charge on any atom is 0.238 e. The highest BCUT2D eigenvalue weighted by atomic mass is 32.2. The molecule has 4 nitrogen and oxygen atoms in total. The van der Waals surface area contributed by atoms with E-state index >= 15 is 0 Å². The summed E-state index contributed by atoms with van der Waals surface area (Å²) in [5, 5.41) is 2.66. The van der Waals surface area contributed by atoms with Crippen molar-refractivity contribution in [2.24, 2.45) is 5.41 Å². The highest BCUT2D eigenvalue weighted by Crippen LogP contribution is 2.42. The fourth-order valence-corrected chi connectivity index (χ4v) is 3.94. The van der Waals surface area contributed by atoms with Crippen LogP contribution in [0.2, 0.25) is 0 Å². The molecule has 0 spiro atoms. The predicted octanol–water partition coefficient (Wildman–Crippen LogP) is 4.90. The zero-order valence-corrected chi connectivity index (χ0v) is 16.7. The van der Waals surface area contributed by atoms with Gasteiger partial charge in [-0.2, -0.15) is 0 Å². The molecule has 1 fully saturated rings. The molecule has 1 heterocycles. The van der Waals surface area contributed by atoms with E-state index in [0.717, 1.165) is 5.56 Å². The van der Waals surface area contributed by atoms with Gasteiger partial charge < -0.3 is 5.32 Å². The normalized spacial score (nSPS) is 17.3. The van der Waals surface area contributed by atoms with Crippen LogP contribution in [0.1, 0.15) is 37.3 Å². The molecule has 2 amide bonds. The lowest BCUT2D eigenvalue weighted by atomic mass is 9.95. The molecular formula is C21H23FN2O2S. The first-order valence-corrected chi connectivity index (χ1v) is 9.83. The Kier molecular flexibility index (Phi) is 5.29. The number of thioether (sulfide) groups is 1. The molecule has 1 N–H and O–H groups in total. The van der Waals surface area contributed by atoms with E-state index in [1.807, 2.05) is 45.0 Å². The van der Waals surface area contributed by atoms with Gasteiger partial charge in [-0.25, -0.2) is 4.39 Å². The van der Waals surface area contributed by atoms with Crippen LogP contribution in [0.5, 0.6) is 0 Å². The minimum Gasteiger partial charge on any atom is -0.326 e. The standard InChI is InChI=1S/C21H23FN2O2S/c1-13-8-9-16(11-17(13)22)24-18(25)12-27-19(24)14-6-5-7-15(10-14)23-20(26)21(2,3)4/h5-11,19H,12H2,1-4H3,(H,23,26)/t19-/m0/s1. The number of nitrogens with zero attached hydrogens (tertiary/aromatic N) is 1. The highest BCUT2D eigenvalue weighted by molar-refractivity contribution is 8.00. The minimum absolute atomic E-state index is 0.0580. The van der Waals surface area contributed by atoms with Gasteiger partial charge in [-0.05, 0) is 42.3 Å². The molecule has 1 aliphatic heterocycles. The molecule has 3 rings (SSSR count). The van der Waals surface area contributed by atoms with Crippen molar-refractivity contribution in [3.05, 3.63) is 59.4 Å². The van der Waals surface area contributed by atoms with Crippen molar-refractivity contribution in [1.29, 1.82) is 0 Å². The van der Waals surface area contributed by atoms with Gasteiger partial charge in [0.25, 0.3) is 0 Å². The fraction of sp³-hybridized carbons (Fsp3) is 0.333. The molecule has 6 heteroatoms. The molecule has 2 aromatic carbocycles. The number of rotatable bonds is 3. The molecule has 0 aromatic heterocycles. The summed E-state index contributed by atoms with van der Waals surface area (Å²) in [5.41, 5.74) is 2.16. The Morgan fingerprint density at radius 3 is 2.63 bits per heavy atom. The van der Waals surface area contributed by atoms with Crippen LogP contribution >= 0.6 is 11.8 Å². The van der Waals surface area contributed by atoms with Gasteiger partial charge in [0.05, 0.1) is 5.75 Å². The van der Waals surface area contributed by atoms with E-state index in [-0.39, 0.29) is 23.0 Å². The number of hydrogen-bond acceptors (Lipinski definition) is 3. The Bertz CT molecular complexity index is 892. The van der Waals surface area contributed by atoms with Gasteiger partial charge in [0.1, 0.15) is 11.2 Å². The number of halogens is 1. The number of carbonyl (C=O) groups is 2. The molecule has 1 saturated heterocycles. The van der Waals surface area contributed by atoms with Gasteiger partial charge in [-0.3, -0.25) is 14.5 Å². The van der Waals surface area contributed by atoms with Crippen LogP contribution in [0.15, 0.2) is 42.5 Å². The van der Waals surface area contributed by atoms with Crippen LogP contribution in [0, 0.1) is 18.2 Å². The third-order valence-electron chi connectivity index (χ3n) is 4.41. The maximum absolute atomic E-state index is 14.0. The van der Waals surface area contributed by atoms with Crippen molar-refractivity contribution in [3.63, 3.8) is 0 Å². The van der Waals surface area contributed by atoms with Crippen LogP contribution in [0.4, 0.5) is 15.8 Å². The van der Waals surface area contributed by atoms with Crippen molar-refractivity contribution in [1.82, 2.24) is 0 Å². The molecule has 1 atom stereocenters. The number of anilines is 2. The lowest BCUT2D eigenvalue weighted by Gasteiger charge is -2.25. The van der Waals surface area contributed by atoms with Crippen molar-refractivity contribution in [3.8, 4) is 0 Å². The Morgan fingerprint density at radius 2 is 1.96 bits per heavy atom. The van der Waals surface area contributed by atoms with E-state index in [4.69, 9.17) is 0 Å². The Balaban J connectivity index is 1.90. The molecule has 0 saturated carbocycles. The quantitative estimate of drug-likeness (QED) is 0.816. The molecule has 0 radical (unpaired) electrons. The van der Waals surface area contributed by atoms with E-state index < -0.39 is 5.41 Å². The maximum atomic E-state index is 14.0. The SMILES string of the molecule is Cc1ccc(N2C(=O)CS[C@H]2c2cccc(NC(=O)C(C)(C)C)c2)cc1F. The number of amides is 2.